The van der Waals surface area contributed by atoms with Crippen molar-refractivity contribution in [3.63, 3.8) is 0 Å². The van der Waals surface area contributed by atoms with E-state index in [4.69, 9.17) is 9.88 Å². The van der Waals surface area contributed by atoms with E-state index in [9.17, 15) is 128 Å². The number of aromatic nitrogens is 10. The Balaban J connectivity index is 0.000000177. The van der Waals surface area contributed by atoms with Crippen LogP contribution in [0.1, 0.15) is 38.9 Å². The van der Waals surface area contributed by atoms with E-state index < -0.39 is 156 Å². The van der Waals surface area contributed by atoms with E-state index in [0.717, 1.165) is 42.0 Å². The van der Waals surface area contributed by atoms with Gasteiger partial charge in [0.1, 0.15) is 80.1 Å². The van der Waals surface area contributed by atoms with Crippen LogP contribution in [0.5, 0.6) is 11.6 Å². The molecule has 7 N–H and O–H groups in total. The van der Waals surface area contributed by atoms with Crippen molar-refractivity contribution in [2.24, 2.45) is 5.14 Å². The van der Waals surface area contributed by atoms with Crippen LogP contribution in [0.3, 0.4) is 0 Å². The first kappa shape index (κ1) is 116. The average Bonchev–Trinajstić information content (AvgIpc) is 1.77. The summed E-state index contributed by atoms with van der Waals surface area (Å²) in [6.07, 6.45) is -30.1. The average molecular weight is 2240 g/mol. The fraction of sp³-hybridized carbons (Fsp3) is 0.179. The standard InChI is InChI=1S/C20H15F7N3O2P.C20H16F6N3OPS.C19H18F3N4O3PS.C19H17F3N3OP.C17H15F3N3OPS/c1-33(2,31)15-5-3-13(4-6-15)29-18-28-10-16(20(25,26)27)17(30-18)32-14-8-11(19(22,23)24)7-12(21)9-14;1-31(2,30)14-8-6-13(7-9-14)28-18-27-11-16(20(24,25)26)17(29-18)32-15-5-3-4-12(10-15)19(21,22)23;1-30(2,27)14-8-6-13(7-9-14)25-18-24-11-16(19(20,21)22)17(26-18)12-4-3-5-15(10-12)31(23,28)29;1-27(2,26)15-10-8-14(9-11-15)24-18-23-12-16(19(20,21)22)17(25-18)13-6-4-3-5-7-13;1-25(2,24)13-5-3-12(4-6-13)22-16-21-9-14(17(18,19)20)15(23-16)11-7-8-26-10-11/h3-10H,1-2H3,(H,28,29,30);3-11H,1-2H3,(H,27,28,29);3-11H,1-2H3,(H2,23,28,29)(H,24,25,26);3-12H,1-2H3,(H,23,24,25);3-10H,1-2H3,(H,21,22,23). The van der Waals surface area contributed by atoms with Crippen molar-refractivity contribution >= 4 is 154 Å². The minimum atomic E-state index is -5.00. The number of primary sulfonamides is 1. The maximum absolute atomic E-state index is 13.6. The Kier molecular flexibility index (Phi) is 35.9. The lowest BCUT2D eigenvalue weighted by Crippen LogP contribution is -2.13. The second-order valence-corrected chi connectivity index (χ2v) is 53.1. The summed E-state index contributed by atoms with van der Waals surface area (Å²) < 4.78 is 380. The number of alkyl halides is 21. The quantitative estimate of drug-likeness (QED) is 0.0197. The number of anilines is 10. The molecule has 24 nitrogen and oxygen atoms in total. The monoisotopic (exact) mass is 2240 g/mol. The lowest BCUT2D eigenvalue weighted by Gasteiger charge is -2.15. The molecule has 6 heterocycles. The van der Waals surface area contributed by atoms with Crippen LogP contribution in [0.4, 0.5) is 155 Å². The van der Waals surface area contributed by atoms with E-state index in [1.165, 1.54) is 47.7 Å². The van der Waals surface area contributed by atoms with Crippen LogP contribution in [-0.4, -0.2) is 125 Å². The molecule has 0 atom stereocenters. The molecule has 9 aromatic carbocycles. The third kappa shape index (κ3) is 33.4. The Morgan fingerprint density at radius 2 is 0.644 bits per heavy atom. The van der Waals surface area contributed by atoms with Gasteiger partial charge in [-0.3, -0.25) is 0 Å². The molecule has 786 valence electrons. The number of thiophene rings is 1. The normalized spacial score (nSPS) is 12.4. The largest absolute Gasteiger partial charge is 0.438 e. The molecule has 0 radical (unpaired) electrons. The predicted octanol–water partition coefficient (Wildman–Crippen LogP) is 27.3. The van der Waals surface area contributed by atoms with Gasteiger partial charge >= 0.3 is 43.2 Å². The number of halogens is 22. The first-order valence-corrected chi connectivity index (χ1v) is 58.7. The van der Waals surface area contributed by atoms with E-state index in [1.54, 1.807) is 223 Å². The number of rotatable bonds is 23. The summed E-state index contributed by atoms with van der Waals surface area (Å²) in [5, 5.41) is 25.1. The molecule has 15 rings (SSSR count). The zero-order valence-electron chi connectivity index (χ0n) is 78.5. The number of hydrogen-bond acceptors (Lipinski definition) is 25. The number of ether oxygens (including phenoxy) is 1. The highest BCUT2D eigenvalue weighted by molar-refractivity contribution is 7.99. The zero-order valence-corrected chi connectivity index (χ0v) is 85.4. The minimum Gasteiger partial charge on any atom is -0.438 e. The van der Waals surface area contributed by atoms with Gasteiger partial charge in [0.2, 0.25) is 45.6 Å². The molecule has 0 fully saturated rings. The summed E-state index contributed by atoms with van der Waals surface area (Å²) in [4.78, 5) is 37.7. The Hall–Kier alpha value is -13.3. The van der Waals surface area contributed by atoms with E-state index in [1.807, 2.05) is 0 Å². The van der Waals surface area contributed by atoms with Gasteiger partial charge in [-0.1, -0.05) is 60.3 Å². The van der Waals surface area contributed by atoms with Gasteiger partial charge in [0.25, 0.3) is 0 Å². The van der Waals surface area contributed by atoms with Crippen LogP contribution >= 0.6 is 58.8 Å². The van der Waals surface area contributed by atoms with Crippen molar-refractivity contribution in [1.82, 2.24) is 49.8 Å². The first-order chi connectivity index (χ1) is 68.9. The molecule has 0 saturated carbocycles. The highest BCUT2D eigenvalue weighted by Gasteiger charge is 2.42. The predicted molar refractivity (Wildman–Crippen MR) is 532 cm³/mol. The highest BCUT2D eigenvalue weighted by atomic mass is 32.2. The van der Waals surface area contributed by atoms with Gasteiger partial charge in [0.05, 0.1) is 33.1 Å². The molecule has 0 bridgehead atoms. The fourth-order valence-corrected chi connectivity index (χ4v) is 19.2. The molecule has 54 heteroatoms. The second-order valence-electron chi connectivity index (χ2n) is 33.6. The van der Waals surface area contributed by atoms with Crippen LogP contribution in [0.2, 0.25) is 0 Å². The number of nitrogens with two attached hydrogens (primary N) is 1. The molecule has 0 spiro atoms. The molecule has 15 aromatic rings. The summed E-state index contributed by atoms with van der Waals surface area (Å²) in [6.45, 7) is 16.2. The number of nitrogens with zero attached hydrogens (tertiary/aromatic N) is 10. The van der Waals surface area contributed by atoms with Gasteiger partial charge in [0.15, 0.2) is 0 Å². The number of hydrogen-bond donors (Lipinski definition) is 6. The number of sulfonamides is 1. The fourth-order valence-electron chi connectivity index (χ4n) is 12.7. The lowest BCUT2D eigenvalue weighted by molar-refractivity contribution is -0.141. The molecule has 0 aliphatic carbocycles. The summed E-state index contributed by atoms with van der Waals surface area (Å²) in [5.74, 6) is -3.87. The van der Waals surface area contributed by atoms with Gasteiger partial charge in [0, 0.05) is 119 Å². The first-order valence-electron chi connectivity index (χ1n) is 42.4. The second kappa shape index (κ2) is 46.1. The van der Waals surface area contributed by atoms with Crippen molar-refractivity contribution in [2.75, 3.05) is 93.2 Å². The van der Waals surface area contributed by atoms with Gasteiger partial charge in [-0.25, -0.2) is 62.8 Å². The summed E-state index contributed by atoms with van der Waals surface area (Å²) >= 11 is 1.75. The van der Waals surface area contributed by atoms with E-state index in [2.05, 4.69) is 76.4 Å². The Bertz CT molecular complexity index is 7660. The van der Waals surface area contributed by atoms with Gasteiger partial charge in [-0.2, -0.15) is 109 Å². The van der Waals surface area contributed by atoms with E-state index in [-0.39, 0.29) is 62.6 Å². The van der Waals surface area contributed by atoms with Crippen molar-refractivity contribution in [2.45, 2.75) is 58.1 Å². The Morgan fingerprint density at radius 1 is 0.322 bits per heavy atom. The molecule has 0 amide bonds. The topological polar surface area (TPSA) is 344 Å². The van der Waals surface area contributed by atoms with Crippen molar-refractivity contribution in [1.29, 1.82) is 0 Å². The summed E-state index contributed by atoms with van der Waals surface area (Å²) in [7, 11) is -16.3. The minimum absolute atomic E-state index is 0.0470. The van der Waals surface area contributed by atoms with Gasteiger partial charge in [-0.05, 0) is 242 Å². The lowest BCUT2D eigenvalue weighted by atomic mass is 10.1. The maximum atomic E-state index is 13.6. The highest BCUT2D eigenvalue weighted by Crippen LogP contribution is 2.48. The molecular formula is C95H81F22N16O8P5S3. The Labute approximate surface area is 843 Å². The molecule has 0 saturated heterocycles. The van der Waals surface area contributed by atoms with Crippen LogP contribution in [0, 0.1) is 5.82 Å². The maximum Gasteiger partial charge on any atom is 0.423 e. The SMILES string of the molecule is CP(C)(=O)c1ccc(Nc2ncc(C(F)(F)F)c(-c3cccc(S(N)(=O)=O)c3)n2)cc1.CP(C)(=O)c1ccc(Nc2ncc(C(F)(F)F)c(-c3ccccc3)n2)cc1.CP(C)(=O)c1ccc(Nc2ncc(C(F)(F)F)c(-c3ccsc3)n2)cc1.CP(C)(=O)c1ccc(Nc2ncc(C(F)(F)F)c(Oc3cc(F)cc(C(F)(F)F)c3)n2)cc1.CP(C)(=O)c1ccc(Nc2ncc(C(F)(F)F)c(Sc3cccc(C(F)(F)F)c3)n2)cc1. The number of benzene rings is 9. The number of nitrogens with one attached hydrogen (secondary N) is 5. The molecular weight excluding hydrogens is 2160 g/mol. The van der Waals surface area contributed by atoms with Crippen LogP contribution in [-0.2, 0) is 76.1 Å². The molecule has 6 aromatic heterocycles. The summed E-state index contributed by atoms with van der Waals surface area (Å²) in [5.41, 5.74) is -5.73. The zero-order chi connectivity index (χ0) is 110. The molecule has 0 aliphatic rings. The van der Waals surface area contributed by atoms with Gasteiger partial charge < -0.3 is 54.1 Å². The van der Waals surface area contributed by atoms with Crippen molar-refractivity contribution < 1.29 is 133 Å². The third-order valence-corrected chi connectivity index (χ3v) is 30.5. The van der Waals surface area contributed by atoms with E-state index >= 15 is 0 Å². The third-order valence-electron chi connectivity index (χ3n) is 20.2. The van der Waals surface area contributed by atoms with Crippen molar-refractivity contribution in [3.8, 4) is 45.4 Å². The van der Waals surface area contributed by atoms with Crippen LogP contribution in [0.15, 0.2) is 281 Å². The molecule has 0 aliphatic heterocycles. The summed E-state index contributed by atoms with van der Waals surface area (Å²) in [6, 6.07) is 52.1. The van der Waals surface area contributed by atoms with E-state index in [0.29, 0.717) is 103 Å². The smallest absolute Gasteiger partial charge is 0.423 e. The van der Waals surface area contributed by atoms with Crippen LogP contribution in [0.25, 0.3) is 33.8 Å². The van der Waals surface area contributed by atoms with Crippen LogP contribution < -0.4 is 63.0 Å². The van der Waals surface area contributed by atoms with Gasteiger partial charge in [-0.15, -0.1) is 0 Å². The van der Waals surface area contributed by atoms with Crippen molar-refractivity contribution in [3.05, 3.63) is 311 Å². The Morgan fingerprint density at radius 3 is 0.980 bits per heavy atom. The molecule has 149 heavy (non-hydrogen) atoms. The molecule has 0 unspecified atom stereocenters.